The smallest absolute Gasteiger partial charge is 0.0122 e. The predicted octanol–water partition coefficient (Wildman–Crippen LogP) is 6.96. The molecule has 4 saturated carbocycles. The Bertz CT molecular complexity index is 831. The summed E-state index contributed by atoms with van der Waals surface area (Å²) < 4.78 is 0. The normalized spacial score (nSPS) is 38.9. The van der Waals surface area contributed by atoms with Crippen molar-refractivity contribution in [1.29, 1.82) is 0 Å². The molecule has 0 radical (unpaired) electrons. The second-order valence-corrected chi connectivity index (χ2v) is 9.79. The van der Waals surface area contributed by atoms with Gasteiger partial charge in [0.1, 0.15) is 0 Å². The van der Waals surface area contributed by atoms with Crippen molar-refractivity contribution >= 4 is 10.8 Å². The summed E-state index contributed by atoms with van der Waals surface area (Å²) in [6, 6.07) is 11.9. The molecular weight excluding hydrogens is 300 g/mol. The fourth-order valence-corrected chi connectivity index (χ4v) is 7.59. The van der Waals surface area contributed by atoms with Gasteiger partial charge >= 0.3 is 0 Å². The van der Waals surface area contributed by atoms with Gasteiger partial charge in [0.2, 0.25) is 0 Å². The summed E-state index contributed by atoms with van der Waals surface area (Å²) in [6.07, 6.45) is 12.0. The van der Waals surface area contributed by atoms with E-state index in [1.165, 1.54) is 56.8 Å². The van der Waals surface area contributed by atoms with Gasteiger partial charge in [0.15, 0.2) is 0 Å². The third-order valence-corrected chi connectivity index (χ3v) is 8.65. The van der Waals surface area contributed by atoms with Gasteiger partial charge in [0.05, 0.1) is 0 Å². The Morgan fingerprint density at radius 1 is 0.760 bits per heavy atom. The zero-order valence-electron chi connectivity index (χ0n) is 15.5. The Labute approximate surface area is 152 Å². The van der Waals surface area contributed by atoms with E-state index in [4.69, 9.17) is 0 Å². The first-order chi connectivity index (χ1) is 12.3. The SMILES string of the molecule is Cc1c(C2CC3CCC2C3)cc2ccccc2c1C1CC2CCC1C2. The molecule has 0 amide bonds. The lowest BCUT2D eigenvalue weighted by Crippen LogP contribution is -2.15. The molecule has 25 heavy (non-hydrogen) atoms. The average Bonchev–Trinajstić information content (AvgIpc) is 3.42. The van der Waals surface area contributed by atoms with E-state index in [-0.39, 0.29) is 0 Å². The molecule has 4 aliphatic carbocycles. The van der Waals surface area contributed by atoms with E-state index in [0.29, 0.717) is 0 Å². The Morgan fingerprint density at radius 3 is 2.08 bits per heavy atom. The van der Waals surface area contributed by atoms with Crippen LogP contribution in [0.1, 0.15) is 79.9 Å². The third kappa shape index (κ3) is 2.12. The first-order valence-electron chi connectivity index (χ1n) is 10.8. The van der Waals surface area contributed by atoms with Crippen molar-refractivity contribution in [2.75, 3.05) is 0 Å². The topological polar surface area (TPSA) is 0 Å². The Balaban J connectivity index is 1.53. The van der Waals surface area contributed by atoms with Crippen LogP contribution in [0.2, 0.25) is 0 Å². The molecule has 4 aliphatic rings. The number of hydrogen-bond acceptors (Lipinski definition) is 0. The quantitative estimate of drug-likeness (QED) is 0.558. The summed E-state index contributed by atoms with van der Waals surface area (Å²) in [7, 11) is 0. The maximum absolute atomic E-state index is 2.59. The van der Waals surface area contributed by atoms with Gasteiger partial charge in [-0.1, -0.05) is 43.2 Å². The van der Waals surface area contributed by atoms with Crippen molar-refractivity contribution in [3.8, 4) is 0 Å². The Morgan fingerprint density at radius 2 is 1.44 bits per heavy atom. The number of hydrogen-bond donors (Lipinski definition) is 0. The van der Waals surface area contributed by atoms with Crippen molar-refractivity contribution in [2.45, 2.75) is 70.1 Å². The highest BCUT2D eigenvalue weighted by atomic mass is 14.5. The number of benzene rings is 2. The molecule has 6 atom stereocenters. The van der Waals surface area contributed by atoms with E-state index < -0.39 is 0 Å². The first-order valence-corrected chi connectivity index (χ1v) is 10.8. The summed E-state index contributed by atoms with van der Waals surface area (Å²) in [4.78, 5) is 0. The second kappa shape index (κ2) is 5.35. The molecule has 2 aromatic carbocycles. The van der Waals surface area contributed by atoms with Crippen LogP contribution in [0.25, 0.3) is 10.8 Å². The van der Waals surface area contributed by atoms with E-state index in [2.05, 4.69) is 37.3 Å². The molecule has 6 rings (SSSR count). The highest BCUT2D eigenvalue weighted by Gasteiger charge is 2.44. The van der Waals surface area contributed by atoms with Crippen LogP contribution in [0.5, 0.6) is 0 Å². The fourth-order valence-electron chi connectivity index (χ4n) is 7.59. The third-order valence-electron chi connectivity index (χ3n) is 8.65. The molecule has 0 nitrogen and oxygen atoms in total. The molecule has 130 valence electrons. The summed E-state index contributed by atoms with van der Waals surface area (Å²) in [5.41, 5.74) is 5.19. The van der Waals surface area contributed by atoms with Gasteiger partial charge in [0.25, 0.3) is 0 Å². The minimum Gasteiger partial charge on any atom is -0.0616 e. The summed E-state index contributed by atoms with van der Waals surface area (Å²) in [5.74, 6) is 5.73. The van der Waals surface area contributed by atoms with Crippen LogP contribution in [0, 0.1) is 30.6 Å². The number of rotatable bonds is 2. The zero-order valence-corrected chi connectivity index (χ0v) is 15.5. The maximum Gasteiger partial charge on any atom is -0.0122 e. The van der Waals surface area contributed by atoms with Crippen LogP contribution in [0.4, 0.5) is 0 Å². The minimum absolute atomic E-state index is 0.849. The second-order valence-electron chi connectivity index (χ2n) is 9.79. The lowest BCUT2D eigenvalue weighted by molar-refractivity contribution is 0.411. The van der Waals surface area contributed by atoms with Crippen molar-refractivity contribution < 1.29 is 0 Å². The molecule has 4 fully saturated rings. The summed E-state index contributed by atoms with van der Waals surface area (Å²) in [6.45, 7) is 2.48. The van der Waals surface area contributed by atoms with Crippen molar-refractivity contribution in [1.82, 2.24) is 0 Å². The molecule has 4 bridgehead atoms. The Hall–Kier alpha value is -1.30. The van der Waals surface area contributed by atoms with Crippen molar-refractivity contribution in [2.24, 2.45) is 23.7 Å². The standard InChI is InChI=1S/C25H30/c1-15-22(23-12-16-6-8-19(23)10-16)14-18-4-2-3-5-21(18)25(15)24-13-17-7-9-20(24)11-17/h2-5,14,16-17,19-20,23-24H,6-13H2,1H3. The van der Waals surface area contributed by atoms with Gasteiger partial charge in [-0.3, -0.25) is 0 Å². The fraction of sp³-hybridized carbons (Fsp3) is 0.600. The molecule has 0 heteroatoms. The lowest BCUT2D eigenvalue weighted by atomic mass is 9.74. The molecule has 0 aliphatic heterocycles. The Kier molecular flexibility index (Phi) is 3.17. The van der Waals surface area contributed by atoms with Gasteiger partial charge in [0, 0.05) is 0 Å². The molecule has 0 heterocycles. The van der Waals surface area contributed by atoms with Crippen LogP contribution in [-0.2, 0) is 0 Å². The van der Waals surface area contributed by atoms with Crippen LogP contribution in [-0.4, -0.2) is 0 Å². The largest absolute Gasteiger partial charge is 0.0616 e. The highest BCUT2D eigenvalue weighted by molar-refractivity contribution is 5.88. The minimum atomic E-state index is 0.849. The van der Waals surface area contributed by atoms with E-state index in [0.717, 1.165) is 35.5 Å². The highest BCUT2D eigenvalue weighted by Crippen LogP contribution is 2.57. The summed E-state index contributed by atoms with van der Waals surface area (Å²) in [5, 5.41) is 3.09. The van der Waals surface area contributed by atoms with Crippen molar-refractivity contribution in [3.63, 3.8) is 0 Å². The van der Waals surface area contributed by atoms with Gasteiger partial charge in [-0.05, 0) is 108 Å². The maximum atomic E-state index is 2.59. The molecular formula is C25H30. The zero-order chi connectivity index (χ0) is 16.5. The predicted molar refractivity (Wildman–Crippen MR) is 105 cm³/mol. The van der Waals surface area contributed by atoms with Gasteiger partial charge in [-0.2, -0.15) is 0 Å². The van der Waals surface area contributed by atoms with Crippen LogP contribution >= 0.6 is 0 Å². The van der Waals surface area contributed by atoms with Crippen molar-refractivity contribution in [3.05, 3.63) is 47.0 Å². The molecule has 0 N–H and O–H groups in total. The van der Waals surface area contributed by atoms with Crippen LogP contribution < -0.4 is 0 Å². The van der Waals surface area contributed by atoms with E-state index >= 15 is 0 Å². The van der Waals surface area contributed by atoms with Crippen LogP contribution in [0.3, 0.4) is 0 Å². The lowest BCUT2D eigenvalue weighted by Gasteiger charge is -2.30. The van der Waals surface area contributed by atoms with E-state index in [1.807, 2.05) is 0 Å². The monoisotopic (exact) mass is 330 g/mol. The molecule has 2 aromatic rings. The molecule has 0 aromatic heterocycles. The van der Waals surface area contributed by atoms with Gasteiger partial charge in [-0.15, -0.1) is 0 Å². The molecule has 6 unspecified atom stereocenters. The molecule has 0 spiro atoms. The molecule has 0 saturated heterocycles. The first kappa shape index (κ1) is 14.8. The summed E-state index contributed by atoms with van der Waals surface area (Å²) >= 11 is 0. The van der Waals surface area contributed by atoms with Crippen LogP contribution in [0.15, 0.2) is 30.3 Å². The number of fused-ring (bicyclic) bond motifs is 5. The van der Waals surface area contributed by atoms with Gasteiger partial charge < -0.3 is 0 Å². The van der Waals surface area contributed by atoms with E-state index in [9.17, 15) is 0 Å². The van der Waals surface area contributed by atoms with E-state index in [1.54, 1.807) is 22.1 Å². The van der Waals surface area contributed by atoms with Gasteiger partial charge in [-0.25, -0.2) is 0 Å². The average molecular weight is 331 g/mol.